The number of hydrogen-bond donors (Lipinski definition) is 27. The Labute approximate surface area is 691 Å². The highest BCUT2D eigenvalue weighted by Crippen LogP contribution is 2.21. The molecule has 34 N–H and O–H groups in total. The van der Waals surface area contributed by atoms with Crippen molar-refractivity contribution in [3.8, 4) is 0 Å². The van der Waals surface area contributed by atoms with Crippen molar-refractivity contribution < 1.29 is 107 Å². The Morgan fingerprint density at radius 3 is 1.33 bits per heavy atom. The Kier molecular flexibility index (Phi) is 48.0. The molecule has 1 aliphatic rings. The number of likely N-dealkylation sites (tertiary alicyclic amines) is 1. The second-order valence-electron chi connectivity index (χ2n) is 28.6. The number of hydrogen-bond acceptors (Lipinski definition) is 25. The molecule has 0 aromatic heterocycles. The van der Waals surface area contributed by atoms with Crippen LogP contribution in [0.3, 0.4) is 0 Å². The van der Waals surface area contributed by atoms with Crippen molar-refractivity contribution >= 4 is 130 Å². The Hall–Kier alpha value is -11.6. The van der Waals surface area contributed by atoms with Gasteiger partial charge in [0.1, 0.15) is 78.5 Å². The number of benzene rings is 1. The summed E-state index contributed by atoms with van der Waals surface area (Å²) in [5, 5.41) is 88.9. The van der Waals surface area contributed by atoms with Crippen LogP contribution in [0.4, 0.5) is 0 Å². The molecule has 119 heavy (non-hydrogen) atoms. The van der Waals surface area contributed by atoms with Crippen molar-refractivity contribution in [3.05, 3.63) is 35.9 Å². The second-order valence-corrected chi connectivity index (χ2v) is 29.6. The lowest BCUT2D eigenvalue weighted by Crippen LogP contribution is -2.61. The summed E-state index contributed by atoms with van der Waals surface area (Å²) in [6.07, 6.45) is -2.21. The highest BCUT2D eigenvalue weighted by atomic mass is 32.2. The number of nitrogens with one attached hydrogen (secondary N) is 16. The monoisotopic (exact) mass is 1700 g/mol. The number of aliphatic hydroxyl groups excluding tert-OH is 1. The van der Waals surface area contributed by atoms with E-state index in [9.17, 15) is 107 Å². The standard InChI is InChI=1S/C72H120N24O22S/c1-37(2)56(68(115)90-44(20-13-30-83-72(80)81)59(106)89-46(26-32-119-4)58(105)84-38(3)69(116)96-31-14-21-51(96)67(114)93-49(70(117)118)33-39-15-6-5-7-16-39)95-63(110)42(18-9-11-28-74)87-64(111)47(34-53(77)99)91-60(107)41(17-8-10-27-73)86-62(109)45(23-25-54(100)101)88-66(113)50(36-97)94-65(112)48(35-55(102)103)92-61(108)43(19-12-29-82-71(78)79)85-57(104)40(75)22-24-52(76)98/h5-7,15-16,37-38,40-51,56,97H,8-14,17-36,73-75H2,1-4H3,(H2,76,98)(H2,77,99)(H,84,105)(H,85,104)(H,86,109)(H,87,111)(H,88,113)(H,89,106)(H,90,115)(H,91,107)(H,92,108)(H,93,114)(H,94,112)(H,95,110)(H,100,101)(H,102,103)(H,117,118)(H4,78,79,82)(H4,80,81,83)/t38-,40-,41-,42-,43-,44-,45-,46-,47-,48-,49-,50-,51-,56-/m0/s1. The van der Waals surface area contributed by atoms with Gasteiger partial charge in [-0.1, -0.05) is 44.2 Å². The fourth-order valence-electron chi connectivity index (χ4n) is 12.1. The molecule has 1 fully saturated rings. The normalized spacial score (nSPS) is 15.6. The first-order chi connectivity index (χ1) is 56.2. The topological polar surface area (TPSA) is 790 Å². The number of rotatable bonds is 59. The van der Waals surface area contributed by atoms with Crippen molar-refractivity contribution in [1.29, 1.82) is 10.8 Å². The fourth-order valence-corrected chi connectivity index (χ4v) is 12.5. The quantitative estimate of drug-likeness (QED) is 0.0164. The predicted octanol–water partition coefficient (Wildman–Crippen LogP) is -8.86. The number of thioether (sulfide) groups is 1. The molecule has 0 unspecified atom stereocenters. The van der Waals surface area contributed by atoms with E-state index in [4.69, 9.17) is 51.0 Å². The summed E-state index contributed by atoms with van der Waals surface area (Å²) in [5.74, 6) is -21.6. The molecule has 1 heterocycles. The maximum Gasteiger partial charge on any atom is 0.326 e. The largest absolute Gasteiger partial charge is 0.481 e. The molecule has 1 saturated heterocycles. The Balaban J connectivity index is 2.48. The highest BCUT2D eigenvalue weighted by Gasteiger charge is 2.41. The SMILES string of the molecule is CSCC[C@H](NC(=O)[C@H](CCCNC(=N)N)NC(=O)[C@@H](NC(=O)[C@H](CCCCN)NC(=O)[C@H](CC(N)=O)NC(=O)[C@H](CCCCN)NC(=O)[C@H](CCC(=O)O)NC(=O)[C@H](CO)NC(=O)[C@H](CC(=O)O)NC(=O)[C@H](CCCNC(=N)N)NC(=O)[C@@H](N)CCC(N)=O)C(C)C)C(=O)N[C@@H](C)C(=O)N1CCC[C@H]1C(=O)N[C@@H](Cc1ccccc1)C(=O)O. The number of nitrogens with zero attached hydrogens (tertiary/aromatic N) is 1. The Bertz CT molecular complexity index is 3640. The van der Waals surface area contributed by atoms with E-state index in [0.717, 1.165) is 0 Å². The molecule has 0 spiro atoms. The molecule has 47 heteroatoms. The smallest absolute Gasteiger partial charge is 0.326 e. The molecule has 1 aromatic rings. The van der Waals surface area contributed by atoms with Gasteiger partial charge >= 0.3 is 17.9 Å². The molecule has 1 aliphatic heterocycles. The van der Waals surface area contributed by atoms with E-state index in [0.29, 0.717) is 12.0 Å². The third-order valence-electron chi connectivity index (χ3n) is 18.5. The average molecular weight is 1710 g/mol. The van der Waals surface area contributed by atoms with Gasteiger partial charge in [0.2, 0.25) is 88.6 Å². The van der Waals surface area contributed by atoms with E-state index in [1.54, 1.807) is 36.6 Å². The molecule has 0 saturated carbocycles. The van der Waals surface area contributed by atoms with Gasteiger partial charge in [0.25, 0.3) is 0 Å². The van der Waals surface area contributed by atoms with Gasteiger partial charge in [0.15, 0.2) is 11.9 Å². The van der Waals surface area contributed by atoms with Gasteiger partial charge in [-0.15, -0.1) is 0 Å². The summed E-state index contributed by atoms with van der Waals surface area (Å²) in [7, 11) is 0. The molecule has 0 bridgehead atoms. The third-order valence-corrected chi connectivity index (χ3v) is 19.2. The van der Waals surface area contributed by atoms with Gasteiger partial charge in [0, 0.05) is 38.9 Å². The third kappa shape index (κ3) is 39.9. The molecule has 0 radical (unpaired) electrons. The van der Waals surface area contributed by atoms with Gasteiger partial charge in [-0.05, 0) is 140 Å². The van der Waals surface area contributed by atoms with Crippen LogP contribution in [0.15, 0.2) is 30.3 Å². The molecule has 15 amide bonds. The van der Waals surface area contributed by atoms with Gasteiger partial charge in [-0.3, -0.25) is 92.3 Å². The Morgan fingerprint density at radius 1 is 0.471 bits per heavy atom. The van der Waals surface area contributed by atoms with Crippen LogP contribution < -0.4 is 115 Å². The average Bonchev–Trinajstić information content (AvgIpc) is 1.76. The van der Waals surface area contributed by atoms with E-state index in [1.165, 1.54) is 37.4 Å². The molecule has 0 aliphatic carbocycles. The molecular formula is C72H120N24O22S. The lowest BCUT2D eigenvalue weighted by Gasteiger charge is -2.30. The maximum absolute atomic E-state index is 14.6. The van der Waals surface area contributed by atoms with Crippen LogP contribution in [0.25, 0.3) is 0 Å². The zero-order valence-electron chi connectivity index (χ0n) is 67.2. The van der Waals surface area contributed by atoms with Crippen molar-refractivity contribution in [3.63, 3.8) is 0 Å². The van der Waals surface area contributed by atoms with Crippen molar-refractivity contribution in [2.75, 3.05) is 51.3 Å². The zero-order chi connectivity index (χ0) is 89.6. The number of nitrogens with two attached hydrogens (primary N) is 7. The molecule has 2 rings (SSSR count). The lowest BCUT2D eigenvalue weighted by molar-refractivity contribution is -0.144. The van der Waals surface area contributed by atoms with Gasteiger partial charge < -0.3 is 140 Å². The molecule has 46 nitrogen and oxygen atoms in total. The van der Waals surface area contributed by atoms with Gasteiger partial charge in [0.05, 0.1) is 25.5 Å². The van der Waals surface area contributed by atoms with Crippen molar-refractivity contribution in [2.24, 2.45) is 46.1 Å². The molecule has 666 valence electrons. The minimum absolute atomic E-state index is 0.00797. The number of aliphatic carboxylic acids is 3. The van der Waals surface area contributed by atoms with Gasteiger partial charge in [-0.25, -0.2) is 4.79 Å². The van der Waals surface area contributed by atoms with Crippen molar-refractivity contribution in [1.82, 2.24) is 79.3 Å². The van der Waals surface area contributed by atoms with E-state index >= 15 is 0 Å². The summed E-state index contributed by atoms with van der Waals surface area (Å²) >= 11 is 1.31. The number of carbonyl (C=O) groups is 18. The zero-order valence-corrected chi connectivity index (χ0v) is 68.0. The van der Waals surface area contributed by atoms with Crippen LogP contribution in [-0.2, 0) is 92.7 Å². The van der Waals surface area contributed by atoms with Crippen LogP contribution in [0, 0.1) is 16.7 Å². The first-order valence-corrected chi connectivity index (χ1v) is 40.2. The first kappa shape index (κ1) is 103. The number of primary amides is 2. The molecule has 1 aromatic carbocycles. The summed E-state index contributed by atoms with van der Waals surface area (Å²) in [6.45, 7) is 3.37. The van der Waals surface area contributed by atoms with Crippen LogP contribution in [0.5, 0.6) is 0 Å². The van der Waals surface area contributed by atoms with Gasteiger partial charge in [-0.2, -0.15) is 11.8 Å². The summed E-state index contributed by atoms with van der Waals surface area (Å²) in [6, 6.07) is -13.8. The van der Waals surface area contributed by atoms with E-state index in [-0.39, 0.29) is 135 Å². The number of carboxylic acid groups (broad SMARTS) is 3. The molecule has 14 atom stereocenters. The minimum Gasteiger partial charge on any atom is -0.481 e. The van der Waals surface area contributed by atoms with E-state index in [2.05, 4.69) is 69.1 Å². The van der Waals surface area contributed by atoms with Crippen LogP contribution in [0.2, 0.25) is 0 Å². The predicted molar refractivity (Wildman–Crippen MR) is 430 cm³/mol. The molecular weight excluding hydrogens is 1590 g/mol. The van der Waals surface area contributed by atoms with Crippen LogP contribution in [-0.4, -0.2) is 280 Å². The summed E-state index contributed by atoms with van der Waals surface area (Å²) in [5.41, 5.74) is 39.7. The number of unbranched alkanes of at least 4 members (excludes halogenated alkanes) is 2. The maximum atomic E-state index is 14.6. The van der Waals surface area contributed by atoms with Crippen LogP contribution >= 0.6 is 11.8 Å². The van der Waals surface area contributed by atoms with Crippen LogP contribution in [0.1, 0.15) is 148 Å². The van der Waals surface area contributed by atoms with E-state index < -0.39 is 241 Å². The second kappa shape index (κ2) is 55.2. The summed E-state index contributed by atoms with van der Waals surface area (Å²) in [4.78, 5) is 245. The lowest BCUT2D eigenvalue weighted by atomic mass is 10.00. The number of carboxylic acids is 3. The summed E-state index contributed by atoms with van der Waals surface area (Å²) < 4.78 is 0. The Morgan fingerprint density at radius 2 is 0.891 bits per heavy atom. The number of aliphatic hydroxyl groups is 1. The highest BCUT2D eigenvalue weighted by molar-refractivity contribution is 7.98. The number of carbonyl (C=O) groups excluding carboxylic acids is 15. The minimum atomic E-state index is -2.10. The van der Waals surface area contributed by atoms with E-state index in [1.807, 2.05) is 5.32 Å². The number of amides is 15. The van der Waals surface area contributed by atoms with Crippen molar-refractivity contribution in [2.45, 2.75) is 234 Å². The number of guanidine groups is 2. The first-order valence-electron chi connectivity index (χ1n) is 38.8. The fraction of sp³-hybridized carbons (Fsp3) is 0.639.